The number of rotatable bonds is 3. The molecular formula is C12H9Cl2N3O3S. The van der Waals surface area contributed by atoms with E-state index < -0.39 is 0 Å². The van der Waals surface area contributed by atoms with Crippen LogP contribution in [-0.2, 0) is 11.3 Å². The van der Waals surface area contributed by atoms with Crippen LogP contribution in [0.4, 0.5) is 5.82 Å². The number of thiophene rings is 1. The minimum Gasteiger partial charge on any atom is -0.483 e. The van der Waals surface area contributed by atoms with Gasteiger partial charge in [-0.25, -0.2) is 4.98 Å². The molecule has 3 aromatic rings. The molecule has 3 heterocycles. The number of halogens is 2. The minimum atomic E-state index is -0.250. The standard InChI is InChI=1S/C11H7Cl2N3OS.CH2O2/c12-7-5-18-9-8(7)15-11(13)16-10(9)14-4-6-2-1-3-17-6;2-1-3/h1-3,5H,4H2,(H,14,15,16);1H,(H,2,3). The van der Waals surface area contributed by atoms with Gasteiger partial charge in [-0.15, -0.1) is 11.3 Å². The van der Waals surface area contributed by atoms with Crippen LogP contribution in [0.5, 0.6) is 0 Å². The fraction of sp³-hybridized carbons (Fsp3) is 0.0833. The number of furan rings is 1. The summed E-state index contributed by atoms with van der Waals surface area (Å²) in [5.74, 6) is 1.49. The van der Waals surface area contributed by atoms with Crippen LogP contribution >= 0.6 is 34.5 Å². The van der Waals surface area contributed by atoms with Gasteiger partial charge in [0.05, 0.1) is 22.5 Å². The number of hydrogen-bond acceptors (Lipinski definition) is 6. The Hall–Kier alpha value is -1.83. The molecule has 0 amide bonds. The highest BCUT2D eigenvalue weighted by atomic mass is 35.5. The molecule has 3 aromatic heterocycles. The van der Waals surface area contributed by atoms with E-state index in [9.17, 15) is 0 Å². The Bertz CT molecular complexity index is 731. The average molecular weight is 346 g/mol. The van der Waals surface area contributed by atoms with E-state index in [-0.39, 0.29) is 11.8 Å². The van der Waals surface area contributed by atoms with Crippen molar-refractivity contribution in [2.75, 3.05) is 5.32 Å². The first-order valence-electron chi connectivity index (χ1n) is 5.60. The third-order valence-corrected chi connectivity index (χ3v) is 3.92. The summed E-state index contributed by atoms with van der Waals surface area (Å²) in [6.07, 6.45) is 1.63. The summed E-state index contributed by atoms with van der Waals surface area (Å²) in [5.41, 5.74) is 0.670. The first-order valence-corrected chi connectivity index (χ1v) is 7.23. The SMILES string of the molecule is Clc1nc(NCc2ccco2)c2scc(Cl)c2n1.O=CO. The Balaban J connectivity index is 0.000000497. The molecule has 0 fully saturated rings. The van der Waals surface area contributed by atoms with Crippen molar-refractivity contribution in [3.05, 3.63) is 39.8 Å². The third-order valence-electron chi connectivity index (χ3n) is 2.35. The van der Waals surface area contributed by atoms with Crippen LogP contribution in [0.2, 0.25) is 10.3 Å². The predicted octanol–water partition coefficient (Wildman–Crippen LogP) is 3.90. The monoisotopic (exact) mass is 345 g/mol. The zero-order valence-corrected chi connectivity index (χ0v) is 12.7. The number of anilines is 1. The summed E-state index contributed by atoms with van der Waals surface area (Å²) < 4.78 is 6.13. The number of hydrogen-bond donors (Lipinski definition) is 2. The molecule has 0 atom stereocenters. The maximum atomic E-state index is 8.36. The Labute approximate surface area is 133 Å². The van der Waals surface area contributed by atoms with Crippen molar-refractivity contribution in [2.45, 2.75) is 6.54 Å². The van der Waals surface area contributed by atoms with Crippen LogP contribution in [0.3, 0.4) is 0 Å². The summed E-state index contributed by atoms with van der Waals surface area (Å²) in [5, 5.41) is 12.6. The van der Waals surface area contributed by atoms with Crippen molar-refractivity contribution < 1.29 is 14.3 Å². The van der Waals surface area contributed by atoms with Crippen LogP contribution < -0.4 is 5.32 Å². The highest BCUT2D eigenvalue weighted by Gasteiger charge is 2.11. The van der Waals surface area contributed by atoms with Gasteiger partial charge in [0.25, 0.3) is 6.47 Å². The maximum absolute atomic E-state index is 8.36. The first kappa shape index (κ1) is 15.6. The zero-order chi connectivity index (χ0) is 15.2. The van der Waals surface area contributed by atoms with Crippen molar-refractivity contribution in [2.24, 2.45) is 0 Å². The largest absolute Gasteiger partial charge is 0.483 e. The van der Waals surface area contributed by atoms with Gasteiger partial charge in [-0.3, -0.25) is 4.79 Å². The molecule has 6 nitrogen and oxygen atoms in total. The van der Waals surface area contributed by atoms with E-state index in [4.69, 9.17) is 37.5 Å². The molecule has 2 N–H and O–H groups in total. The van der Waals surface area contributed by atoms with Crippen LogP contribution in [-0.4, -0.2) is 21.5 Å². The van der Waals surface area contributed by atoms with Crippen LogP contribution in [0, 0.1) is 0 Å². The van der Waals surface area contributed by atoms with Gasteiger partial charge in [-0.05, 0) is 23.7 Å². The lowest BCUT2D eigenvalue weighted by Crippen LogP contribution is -2.01. The minimum absolute atomic E-state index is 0.171. The molecule has 0 saturated heterocycles. The van der Waals surface area contributed by atoms with Gasteiger partial charge < -0.3 is 14.8 Å². The van der Waals surface area contributed by atoms with Crippen molar-refractivity contribution in [3.63, 3.8) is 0 Å². The van der Waals surface area contributed by atoms with Crippen molar-refractivity contribution in [1.29, 1.82) is 0 Å². The van der Waals surface area contributed by atoms with E-state index >= 15 is 0 Å². The number of fused-ring (bicyclic) bond motifs is 1. The summed E-state index contributed by atoms with van der Waals surface area (Å²) in [6, 6.07) is 3.72. The van der Waals surface area contributed by atoms with Gasteiger partial charge in [-0.2, -0.15) is 4.98 Å². The smallest absolute Gasteiger partial charge is 0.290 e. The molecule has 21 heavy (non-hydrogen) atoms. The molecule has 0 radical (unpaired) electrons. The Kier molecular flexibility index (Phi) is 5.38. The molecule has 0 aliphatic carbocycles. The van der Waals surface area contributed by atoms with E-state index in [1.165, 1.54) is 11.3 Å². The van der Waals surface area contributed by atoms with Crippen LogP contribution in [0.1, 0.15) is 5.76 Å². The maximum Gasteiger partial charge on any atom is 0.290 e. The van der Waals surface area contributed by atoms with E-state index in [2.05, 4.69) is 15.3 Å². The predicted molar refractivity (Wildman–Crippen MR) is 82.2 cm³/mol. The van der Waals surface area contributed by atoms with Gasteiger partial charge in [0, 0.05) is 5.38 Å². The van der Waals surface area contributed by atoms with Crippen LogP contribution in [0.25, 0.3) is 10.2 Å². The van der Waals surface area contributed by atoms with Gasteiger partial charge >= 0.3 is 0 Å². The molecule has 0 aromatic carbocycles. The second-order valence-electron chi connectivity index (χ2n) is 3.64. The highest BCUT2D eigenvalue weighted by molar-refractivity contribution is 7.18. The molecule has 0 aliphatic heterocycles. The number of carbonyl (C=O) groups is 1. The van der Waals surface area contributed by atoms with Gasteiger partial charge in [0.2, 0.25) is 5.28 Å². The Morgan fingerprint density at radius 2 is 2.19 bits per heavy atom. The fourth-order valence-corrected chi connectivity index (χ4v) is 2.89. The first-order chi connectivity index (χ1) is 10.2. The normalized spacial score (nSPS) is 10.0. The van der Waals surface area contributed by atoms with Gasteiger partial charge in [0.1, 0.15) is 17.1 Å². The van der Waals surface area contributed by atoms with Gasteiger partial charge in [0.15, 0.2) is 0 Å². The van der Waals surface area contributed by atoms with E-state index in [1.807, 2.05) is 17.5 Å². The lowest BCUT2D eigenvalue weighted by Gasteiger charge is -2.05. The molecule has 110 valence electrons. The fourth-order valence-electron chi connectivity index (χ4n) is 1.57. The molecule has 0 spiro atoms. The van der Waals surface area contributed by atoms with E-state index in [1.54, 1.807) is 6.26 Å². The zero-order valence-electron chi connectivity index (χ0n) is 10.4. The summed E-state index contributed by atoms with van der Waals surface area (Å²) in [6.45, 7) is 0.283. The second-order valence-corrected chi connectivity index (χ2v) is 5.27. The number of nitrogens with one attached hydrogen (secondary N) is 1. The molecule has 9 heteroatoms. The third kappa shape index (κ3) is 3.84. The Morgan fingerprint density at radius 3 is 2.86 bits per heavy atom. The second kappa shape index (κ2) is 7.26. The van der Waals surface area contributed by atoms with Gasteiger partial charge in [-0.1, -0.05) is 11.6 Å². The average Bonchev–Trinajstić information content (AvgIpc) is 3.08. The highest BCUT2D eigenvalue weighted by Crippen LogP contribution is 2.33. The number of nitrogens with zero attached hydrogens (tertiary/aromatic N) is 2. The molecule has 0 aliphatic rings. The summed E-state index contributed by atoms with van der Waals surface area (Å²) in [7, 11) is 0. The van der Waals surface area contributed by atoms with E-state index in [0.717, 1.165) is 10.5 Å². The lowest BCUT2D eigenvalue weighted by molar-refractivity contribution is -0.122. The van der Waals surface area contributed by atoms with Crippen molar-refractivity contribution >= 4 is 57.0 Å². The summed E-state index contributed by atoms with van der Waals surface area (Å²) in [4.78, 5) is 16.6. The molecule has 0 saturated carbocycles. The number of aromatic nitrogens is 2. The summed E-state index contributed by atoms with van der Waals surface area (Å²) >= 11 is 13.4. The van der Waals surface area contributed by atoms with Crippen molar-refractivity contribution in [1.82, 2.24) is 9.97 Å². The number of carboxylic acid groups (broad SMARTS) is 1. The molecular weight excluding hydrogens is 337 g/mol. The quantitative estimate of drug-likeness (QED) is 0.552. The molecule has 3 rings (SSSR count). The molecule has 0 unspecified atom stereocenters. The topological polar surface area (TPSA) is 88.3 Å². The van der Waals surface area contributed by atoms with E-state index in [0.29, 0.717) is 22.9 Å². The molecule has 0 bridgehead atoms. The Morgan fingerprint density at radius 1 is 1.43 bits per heavy atom. The lowest BCUT2D eigenvalue weighted by atomic mass is 10.4. The van der Waals surface area contributed by atoms with Crippen molar-refractivity contribution in [3.8, 4) is 0 Å². The van der Waals surface area contributed by atoms with Crippen LogP contribution in [0.15, 0.2) is 28.2 Å².